The summed E-state index contributed by atoms with van der Waals surface area (Å²) in [6.07, 6.45) is 2.36. The van der Waals surface area contributed by atoms with Crippen LogP contribution in [0.3, 0.4) is 0 Å². The number of anilines is 1. The molecule has 0 spiro atoms. The minimum Gasteiger partial charge on any atom is -0.478 e. The summed E-state index contributed by atoms with van der Waals surface area (Å²) in [7, 11) is 0. The van der Waals surface area contributed by atoms with Crippen LogP contribution in [0.4, 0.5) is 5.69 Å². The predicted octanol–water partition coefficient (Wildman–Crippen LogP) is 2.35. The summed E-state index contributed by atoms with van der Waals surface area (Å²) in [6, 6.07) is 4.69. The summed E-state index contributed by atoms with van der Waals surface area (Å²) in [5.41, 5.74) is 0.630. The first-order valence-electron chi connectivity index (χ1n) is 5.96. The molecule has 0 aliphatic heterocycles. The quantitative estimate of drug-likeness (QED) is 0.749. The first-order chi connectivity index (χ1) is 9.04. The number of carboxylic acids is 1. The highest BCUT2D eigenvalue weighted by Gasteiger charge is 2.21. The summed E-state index contributed by atoms with van der Waals surface area (Å²) in [5, 5.41) is 11.6. The third kappa shape index (κ3) is 4.79. The number of nitrogens with one attached hydrogen (secondary N) is 1. The number of ether oxygens (including phenoxy) is 1. The van der Waals surface area contributed by atoms with Crippen LogP contribution in [0.2, 0.25) is 0 Å². The second-order valence-electron chi connectivity index (χ2n) is 4.54. The average molecular weight is 375 g/mol. The number of amides is 1. The Morgan fingerprint density at radius 1 is 1.37 bits per heavy atom. The molecule has 1 fully saturated rings. The number of hydrogen-bond acceptors (Lipinski definition) is 3. The summed E-state index contributed by atoms with van der Waals surface area (Å²) >= 11 is 2.01. The minimum atomic E-state index is -1.01. The molecule has 5 nitrogen and oxygen atoms in total. The maximum atomic E-state index is 11.6. The van der Waals surface area contributed by atoms with Crippen LogP contribution in [-0.2, 0) is 9.53 Å². The molecular weight excluding hydrogens is 361 g/mol. The van der Waals surface area contributed by atoms with Crippen LogP contribution >= 0.6 is 22.6 Å². The van der Waals surface area contributed by atoms with Crippen molar-refractivity contribution in [2.75, 3.05) is 18.5 Å². The van der Waals surface area contributed by atoms with Gasteiger partial charge < -0.3 is 15.2 Å². The maximum Gasteiger partial charge on any atom is 0.335 e. The third-order valence-corrected chi connectivity index (χ3v) is 3.33. The van der Waals surface area contributed by atoms with Crippen LogP contribution in [0.15, 0.2) is 18.2 Å². The number of hydrogen-bond donors (Lipinski definition) is 2. The number of carboxylic acid groups (broad SMARTS) is 1. The van der Waals surface area contributed by atoms with Gasteiger partial charge in [0.2, 0.25) is 5.91 Å². The first kappa shape index (κ1) is 14.3. The monoisotopic (exact) mass is 375 g/mol. The van der Waals surface area contributed by atoms with Crippen molar-refractivity contribution in [2.24, 2.45) is 5.92 Å². The van der Waals surface area contributed by atoms with Crippen LogP contribution in [0.1, 0.15) is 23.2 Å². The average Bonchev–Trinajstić information content (AvgIpc) is 3.12. The van der Waals surface area contributed by atoms with Gasteiger partial charge in [-0.15, -0.1) is 0 Å². The summed E-state index contributed by atoms with van der Waals surface area (Å²) < 4.78 is 6.03. The minimum absolute atomic E-state index is 0.00434. The van der Waals surface area contributed by atoms with Crippen molar-refractivity contribution in [3.63, 3.8) is 0 Å². The van der Waals surface area contributed by atoms with Gasteiger partial charge in [-0.3, -0.25) is 4.79 Å². The molecule has 2 rings (SSSR count). The van der Waals surface area contributed by atoms with Crippen LogP contribution in [0.25, 0.3) is 0 Å². The summed E-state index contributed by atoms with van der Waals surface area (Å²) in [5.74, 6) is -0.665. The van der Waals surface area contributed by atoms with Gasteiger partial charge in [0.15, 0.2) is 0 Å². The summed E-state index contributed by atoms with van der Waals surface area (Å²) in [6.45, 7) is 0.629. The Hall–Kier alpha value is -1.15. The highest BCUT2D eigenvalue weighted by Crippen LogP contribution is 2.28. The lowest BCUT2D eigenvalue weighted by Gasteiger charge is -2.07. The predicted molar refractivity (Wildman–Crippen MR) is 78.3 cm³/mol. The van der Waals surface area contributed by atoms with E-state index in [1.807, 2.05) is 22.6 Å². The van der Waals surface area contributed by atoms with E-state index in [0.29, 0.717) is 18.2 Å². The van der Waals surface area contributed by atoms with Gasteiger partial charge in [-0.25, -0.2) is 4.79 Å². The molecule has 0 aromatic heterocycles. The number of carbonyl (C=O) groups is 2. The SMILES string of the molecule is O=C(COCC1CC1)Nc1cc(I)cc(C(=O)O)c1. The number of aromatic carboxylic acids is 1. The van der Waals surface area contributed by atoms with Crippen molar-refractivity contribution in [3.05, 3.63) is 27.3 Å². The summed E-state index contributed by atoms with van der Waals surface area (Å²) in [4.78, 5) is 22.5. The Bertz CT molecular complexity index is 499. The molecule has 6 heteroatoms. The Morgan fingerprint density at radius 3 is 2.74 bits per heavy atom. The van der Waals surface area contributed by atoms with E-state index in [9.17, 15) is 9.59 Å². The Labute approximate surface area is 124 Å². The second kappa shape index (κ2) is 6.33. The molecule has 2 N–H and O–H groups in total. The van der Waals surface area contributed by atoms with Crippen molar-refractivity contribution in [1.82, 2.24) is 0 Å². The fraction of sp³-hybridized carbons (Fsp3) is 0.385. The Balaban J connectivity index is 1.89. The lowest BCUT2D eigenvalue weighted by Crippen LogP contribution is -2.19. The van der Waals surface area contributed by atoms with E-state index in [1.54, 1.807) is 12.1 Å². The van der Waals surface area contributed by atoms with Crippen molar-refractivity contribution in [2.45, 2.75) is 12.8 Å². The number of halogens is 1. The lowest BCUT2D eigenvalue weighted by molar-refractivity contribution is -0.120. The molecule has 1 aliphatic carbocycles. The molecule has 1 saturated carbocycles. The largest absolute Gasteiger partial charge is 0.478 e. The fourth-order valence-corrected chi connectivity index (χ4v) is 2.26. The molecule has 0 radical (unpaired) electrons. The zero-order valence-electron chi connectivity index (χ0n) is 10.2. The van der Waals surface area contributed by atoms with Crippen LogP contribution < -0.4 is 5.32 Å². The number of rotatable bonds is 6. The molecule has 102 valence electrons. The van der Waals surface area contributed by atoms with E-state index in [1.165, 1.54) is 18.9 Å². The molecule has 0 saturated heterocycles. The van der Waals surface area contributed by atoms with Gasteiger partial charge in [0, 0.05) is 9.26 Å². The van der Waals surface area contributed by atoms with Crippen LogP contribution in [0.5, 0.6) is 0 Å². The molecule has 1 amide bonds. The second-order valence-corrected chi connectivity index (χ2v) is 5.79. The van der Waals surface area contributed by atoms with Crippen molar-refractivity contribution < 1.29 is 19.4 Å². The van der Waals surface area contributed by atoms with Crippen molar-refractivity contribution >= 4 is 40.2 Å². The van der Waals surface area contributed by atoms with Crippen LogP contribution in [0, 0.1) is 9.49 Å². The van der Waals surface area contributed by atoms with E-state index >= 15 is 0 Å². The van der Waals surface area contributed by atoms with Gasteiger partial charge >= 0.3 is 5.97 Å². The van der Waals surface area contributed by atoms with E-state index in [-0.39, 0.29) is 18.1 Å². The fourth-order valence-electron chi connectivity index (χ4n) is 1.59. The maximum absolute atomic E-state index is 11.6. The van der Waals surface area contributed by atoms with E-state index in [4.69, 9.17) is 9.84 Å². The number of carbonyl (C=O) groups excluding carboxylic acids is 1. The highest BCUT2D eigenvalue weighted by atomic mass is 127. The topological polar surface area (TPSA) is 75.6 Å². The van der Waals surface area contributed by atoms with Gasteiger partial charge in [-0.2, -0.15) is 0 Å². The zero-order valence-corrected chi connectivity index (χ0v) is 12.3. The van der Waals surface area contributed by atoms with E-state index in [0.717, 1.165) is 3.57 Å². The van der Waals surface area contributed by atoms with Crippen LogP contribution in [-0.4, -0.2) is 30.2 Å². The standard InChI is InChI=1S/C13H14INO4/c14-10-3-9(13(17)18)4-11(5-10)15-12(16)7-19-6-8-1-2-8/h3-5,8H,1-2,6-7H2,(H,15,16)(H,17,18). The molecule has 1 aromatic rings. The molecule has 19 heavy (non-hydrogen) atoms. The van der Waals surface area contributed by atoms with Crippen molar-refractivity contribution in [1.29, 1.82) is 0 Å². The lowest BCUT2D eigenvalue weighted by atomic mass is 10.2. The molecule has 0 atom stereocenters. The Morgan fingerprint density at radius 2 is 2.11 bits per heavy atom. The molecule has 0 unspecified atom stereocenters. The molecule has 1 aromatic carbocycles. The third-order valence-electron chi connectivity index (χ3n) is 2.71. The normalized spacial score (nSPS) is 14.2. The first-order valence-corrected chi connectivity index (χ1v) is 7.04. The molecular formula is C13H14INO4. The number of benzene rings is 1. The highest BCUT2D eigenvalue weighted by molar-refractivity contribution is 14.1. The van der Waals surface area contributed by atoms with Gasteiger partial charge in [0.25, 0.3) is 0 Å². The smallest absolute Gasteiger partial charge is 0.335 e. The van der Waals surface area contributed by atoms with Gasteiger partial charge in [0.05, 0.1) is 12.2 Å². The van der Waals surface area contributed by atoms with Gasteiger partial charge in [-0.05, 0) is 59.5 Å². The Kier molecular flexibility index (Phi) is 4.76. The van der Waals surface area contributed by atoms with E-state index < -0.39 is 5.97 Å². The van der Waals surface area contributed by atoms with Gasteiger partial charge in [-0.1, -0.05) is 0 Å². The molecule has 0 heterocycles. The molecule has 0 bridgehead atoms. The van der Waals surface area contributed by atoms with Gasteiger partial charge in [0.1, 0.15) is 6.61 Å². The zero-order chi connectivity index (χ0) is 13.8. The van der Waals surface area contributed by atoms with E-state index in [2.05, 4.69) is 5.32 Å². The molecule has 1 aliphatic rings. The van der Waals surface area contributed by atoms with Crippen molar-refractivity contribution in [3.8, 4) is 0 Å².